The van der Waals surface area contributed by atoms with Gasteiger partial charge in [0.2, 0.25) is 5.89 Å². The molecular weight excluding hydrogens is 387 g/mol. The van der Waals surface area contributed by atoms with Crippen LogP contribution in [0.4, 0.5) is 4.39 Å². The van der Waals surface area contributed by atoms with E-state index in [0.717, 1.165) is 11.8 Å². The van der Waals surface area contributed by atoms with Crippen LogP contribution in [0, 0.1) is 5.82 Å². The summed E-state index contributed by atoms with van der Waals surface area (Å²) in [6.45, 7) is 0. The molecule has 1 N–H and O–H groups in total. The molecule has 9 heteroatoms. The number of aliphatic carboxylic acids is 1. The van der Waals surface area contributed by atoms with Crippen molar-refractivity contribution in [1.82, 2.24) is 10.2 Å². The first kappa shape index (κ1) is 19.4. The number of carbonyl (C=O) groups is 1. The third-order valence-electron chi connectivity index (χ3n) is 3.63. The molecule has 0 saturated carbocycles. The molecule has 3 aromatic rings. The number of rotatable bonds is 7. The summed E-state index contributed by atoms with van der Waals surface area (Å²) in [5.41, 5.74) is 1.04. The summed E-state index contributed by atoms with van der Waals surface area (Å²) in [6, 6.07) is 10.6. The molecule has 0 atom stereocenters. The minimum atomic E-state index is -1.17. The number of nitrogens with zero attached hydrogens (tertiary/aromatic N) is 2. The second kappa shape index (κ2) is 8.57. The lowest BCUT2D eigenvalue weighted by atomic mass is 10.1. The molecule has 28 heavy (non-hydrogen) atoms. The van der Waals surface area contributed by atoms with E-state index in [0.29, 0.717) is 22.6 Å². The van der Waals surface area contributed by atoms with Crippen LogP contribution >= 0.6 is 11.8 Å². The number of aromatic nitrogens is 2. The predicted octanol–water partition coefficient (Wildman–Crippen LogP) is 4.11. The number of hydrogen-bond acceptors (Lipinski definition) is 7. The van der Waals surface area contributed by atoms with Gasteiger partial charge in [-0.15, -0.1) is 10.2 Å². The summed E-state index contributed by atoms with van der Waals surface area (Å²) < 4.78 is 29.1. The lowest BCUT2D eigenvalue weighted by molar-refractivity contribution is -0.131. The number of halogens is 1. The van der Waals surface area contributed by atoms with Crippen molar-refractivity contribution in [2.45, 2.75) is 5.22 Å². The van der Waals surface area contributed by atoms with Crippen LogP contribution in [0.3, 0.4) is 0 Å². The fourth-order valence-corrected chi connectivity index (χ4v) is 3.02. The Kier molecular flexibility index (Phi) is 5.95. The van der Waals surface area contributed by atoms with Gasteiger partial charge in [0.15, 0.2) is 11.5 Å². The number of thioether (sulfide) groups is 1. The number of benzene rings is 2. The van der Waals surface area contributed by atoms with Gasteiger partial charge in [-0.2, -0.15) is 0 Å². The molecule has 0 spiro atoms. The molecule has 0 amide bonds. The van der Waals surface area contributed by atoms with Crippen molar-refractivity contribution in [1.29, 1.82) is 0 Å². The van der Waals surface area contributed by atoms with Crippen LogP contribution in [0.25, 0.3) is 17.5 Å². The number of ether oxygens (including phenoxy) is 2. The first-order chi connectivity index (χ1) is 13.5. The van der Waals surface area contributed by atoms with E-state index in [2.05, 4.69) is 10.2 Å². The number of para-hydroxylation sites is 1. The Bertz CT molecular complexity index is 1020. The van der Waals surface area contributed by atoms with Gasteiger partial charge in [-0.05, 0) is 48.2 Å². The van der Waals surface area contributed by atoms with Crippen molar-refractivity contribution in [2.24, 2.45) is 0 Å². The van der Waals surface area contributed by atoms with Gasteiger partial charge in [-0.25, -0.2) is 9.18 Å². The number of methoxy groups -OCH3 is 2. The van der Waals surface area contributed by atoms with Crippen LogP contribution in [-0.4, -0.2) is 35.5 Å². The van der Waals surface area contributed by atoms with E-state index in [1.165, 1.54) is 44.6 Å². The zero-order valence-electron chi connectivity index (χ0n) is 14.9. The van der Waals surface area contributed by atoms with Gasteiger partial charge in [0.05, 0.1) is 14.2 Å². The van der Waals surface area contributed by atoms with Gasteiger partial charge in [0.25, 0.3) is 5.22 Å². The molecule has 1 heterocycles. The fourth-order valence-electron chi connectivity index (χ4n) is 2.36. The van der Waals surface area contributed by atoms with E-state index >= 15 is 0 Å². The van der Waals surface area contributed by atoms with Crippen molar-refractivity contribution in [3.8, 4) is 23.0 Å². The average Bonchev–Trinajstić information content (AvgIpc) is 3.16. The SMILES string of the molecule is COc1cccc(/C=C(/Sc2nnc(-c3ccc(F)cc3)o2)C(=O)O)c1OC. The third-order valence-corrected chi connectivity index (χ3v) is 4.48. The van der Waals surface area contributed by atoms with Crippen molar-refractivity contribution >= 4 is 23.8 Å². The highest BCUT2D eigenvalue weighted by Gasteiger charge is 2.18. The van der Waals surface area contributed by atoms with E-state index in [1.54, 1.807) is 18.2 Å². The highest BCUT2D eigenvalue weighted by Crippen LogP contribution is 2.35. The van der Waals surface area contributed by atoms with Gasteiger partial charge in [0.1, 0.15) is 10.7 Å². The molecule has 0 bridgehead atoms. The zero-order valence-corrected chi connectivity index (χ0v) is 15.7. The zero-order chi connectivity index (χ0) is 20.1. The highest BCUT2D eigenvalue weighted by molar-refractivity contribution is 8.03. The number of carboxylic acids is 1. The Morgan fingerprint density at radius 1 is 1.14 bits per heavy atom. The Balaban J connectivity index is 1.90. The molecule has 0 aliphatic rings. The van der Waals surface area contributed by atoms with Crippen LogP contribution < -0.4 is 9.47 Å². The van der Waals surface area contributed by atoms with E-state index < -0.39 is 5.97 Å². The minimum Gasteiger partial charge on any atom is -0.493 e. The summed E-state index contributed by atoms with van der Waals surface area (Å²) in [5.74, 6) is -0.520. The van der Waals surface area contributed by atoms with Gasteiger partial charge < -0.3 is 19.0 Å². The summed E-state index contributed by atoms with van der Waals surface area (Å²) in [4.78, 5) is 11.6. The normalized spacial score (nSPS) is 11.3. The lowest BCUT2D eigenvalue weighted by Crippen LogP contribution is -1.98. The van der Waals surface area contributed by atoms with Crippen LogP contribution in [0.15, 0.2) is 57.0 Å². The Hall–Kier alpha value is -3.33. The second-order valence-electron chi connectivity index (χ2n) is 5.38. The molecule has 0 radical (unpaired) electrons. The van der Waals surface area contributed by atoms with Crippen molar-refractivity contribution < 1.29 is 28.2 Å². The van der Waals surface area contributed by atoms with E-state index in [-0.39, 0.29) is 21.8 Å². The summed E-state index contributed by atoms with van der Waals surface area (Å²) in [6.07, 6.45) is 1.43. The molecular formula is C19H15FN2O5S. The quantitative estimate of drug-likeness (QED) is 0.466. The molecule has 144 valence electrons. The predicted molar refractivity (Wildman–Crippen MR) is 101 cm³/mol. The Morgan fingerprint density at radius 3 is 2.54 bits per heavy atom. The summed E-state index contributed by atoms with van der Waals surface area (Å²) in [5, 5.41) is 17.3. The van der Waals surface area contributed by atoms with Crippen LogP contribution in [0.5, 0.6) is 11.5 Å². The van der Waals surface area contributed by atoms with Gasteiger partial charge >= 0.3 is 5.97 Å². The first-order valence-electron chi connectivity index (χ1n) is 7.95. The lowest BCUT2D eigenvalue weighted by Gasteiger charge is -2.10. The van der Waals surface area contributed by atoms with Crippen LogP contribution in [0.1, 0.15) is 5.56 Å². The topological polar surface area (TPSA) is 94.7 Å². The third kappa shape index (κ3) is 4.32. The molecule has 0 unspecified atom stereocenters. The largest absolute Gasteiger partial charge is 0.493 e. The molecule has 0 fully saturated rings. The van der Waals surface area contributed by atoms with Gasteiger partial charge in [-0.1, -0.05) is 12.1 Å². The van der Waals surface area contributed by atoms with E-state index in [1.807, 2.05) is 0 Å². The molecule has 7 nitrogen and oxygen atoms in total. The van der Waals surface area contributed by atoms with Crippen molar-refractivity contribution in [3.63, 3.8) is 0 Å². The Labute approximate surface area is 163 Å². The molecule has 3 rings (SSSR count). The monoisotopic (exact) mass is 402 g/mol. The second-order valence-corrected chi connectivity index (χ2v) is 6.37. The maximum Gasteiger partial charge on any atom is 0.342 e. The molecule has 1 aromatic heterocycles. The van der Waals surface area contributed by atoms with Gasteiger partial charge in [0, 0.05) is 11.1 Å². The standard InChI is InChI=1S/C19H15FN2O5S/c1-25-14-5-3-4-12(16(14)26-2)10-15(18(23)24)28-19-22-21-17(27-19)11-6-8-13(20)9-7-11/h3-10H,1-2H3,(H,23,24)/b15-10+. The van der Waals surface area contributed by atoms with E-state index in [9.17, 15) is 14.3 Å². The number of hydrogen-bond donors (Lipinski definition) is 1. The molecule has 0 saturated heterocycles. The Morgan fingerprint density at radius 2 is 1.89 bits per heavy atom. The smallest absolute Gasteiger partial charge is 0.342 e. The molecule has 0 aliphatic heterocycles. The van der Waals surface area contributed by atoms with Crippen LogP contribution in [0.2, 0.25) is 0 Å². The average molecular weight is 402 g/mol. The molecule has 2 aromatic carbocycles. The maximum absolute atomic E-state index is 13.0. The summed E-state index contributed by atoms with van der Waals surface area (Å²) in [7, 11) is 2.96. The minimum absolute atomic E-state index is 0.0369. The van der Waals surface area contributed by atoms with Crippen molar-refractivity contribution in [3.05, 3.63) is 58.8 Å². The number of carboxylic acid groups (broad SMARTS) is 1. The molecule has 0 aliphatic carbocycles. The fraction of sp³-hybridized carbons (Fsp3) is 0.105. The van der Waals surface area contributed by atoms with Crippen molar-refractivity contribution in [2.75, 3.05) is 14.2 Å². The van der Waals surface area contributed by atoms with Crippen LogP contribution in [-0.2, 0) is 4.79 Å². The van der Waals surface area contributed by atoms with E-state index in [4.69, 9.17) is 13.9 Å². The maximum atomic E-state index is 13.0. The first-order valence-corrected chi connectivity index (χ1v) is 8.76. The summed E-state index contributed by atoms with van der Waals surface area (Å²) >= 11 is 0.794. The van der Waals surface area contributed by atoms with Gasteiger partial charge in [-0.3, -0.25) is 0 Å². The highest BCUT2D eigenvalue weighted by atomic mass is 32.2.